The molecule has 3 heterocycles. The number of anilines is 1. The number of piperidine rings is 1. The number of fused-ring (bicyclic) bond motifs is 1. The molecule has 2 aromatic heterocycles. The van der Waals surface area contributed by atoms with E-state index in [0.717, 1.165) is 46.2 Å². The first-order valence-corrected chi connectivity index (χ1v) is 12.9. The first-order valence-electron chi connectivity index (χ1n) is 12.9. The number of amides is 2. The molecule has 1 fully saturated rings. The zero-order chi connectivity index (χ0) is 26.8. The lowest BCUT2D eigenvalue weighted by Gasteiger charge is -2.32. The summed E-state index contributed by atoms with van der Waals surface area (Å²) in [7, 11) is 1.64. The Balaban J connectivity index is 1.13. The van der Waals surface area contributed by atoms with Crippen LogP contribution in [0, 0.1) is 19.7 Å². The molecule has 4 aromatic rings. The topological polar surface area (TPSA) is 92.2 Å². The highest BCUT2D eigenvalue weighted by molar-refractivity contribution is 5.95. The molecule has 198 valence electrons. The van der Waals surface area contributed by atoms with Crippen molar-refractivity contribution in [2.75, 3.05) is 25.5 Å². The third-order valence-corrected chi connectivity index (χ3v) is 7.27. The predicted molar refractivity (Wildman–Crippen MR) is 144 cm³/mol. The van der Waals surface area contributed by atoms with Gasteiger partial charge in [0.1, 0.15) is 11.6 Å². The molecular weight excluding hydrogens is 485 g/mol. The van der Waals surface area contributed by atoms with E-state index in [1.165, 1.54) is 12.1 Å². The zero-order valence-electron chi connectivity index (χ0n) is 21.9. The van der Waals surface area contributed by atoms with Crippen molar-refractivity contribution in [3.8, 4) is 5.75 Å². The van der Waals surface area contributed by atoms with Crippen molar-refractivity contribution in [3.63, 3.8) is 0 Å². The van der Waals surface area contributed by atoms with Gasteiger partial charge in [-0.2, -0.15) is 5.10 Å². The summed E-state index contributed by atoms with van der Waals surface area (Å²) in [6.45, 7) is 5.18. The number of aromatic amines is 1. The number of carbonyl (C=O) groups excluding carboxylic acids is 2. The molecule has 38 heavy (non-hydrogen) atoms. The van der Waals surface area contributed by atoms with Gasteiger partial charge in [0.2, 0.25) is 5.91 Å². The summed E-state index contributed by atoms with van der Waals surface area (Å²) in [5.41, 5.74) is 4.99. The van der Waals surface area contributed by atoms with Gasteiger partial charge in [-0.05, 0) is 80.1 Å². The molecule has 2 aromatic carbocycles. The lowest BCUT2D eigenvalue weighted by atomic mass is 10.0. The van der Waals surface area contributed by atoms with Crippen molar-refractivity contribution in [2.24, 2.45) is 0 Å². The van der Waals surface area contributed by atoms with Gasteiger partial charge in [0.05, 0.1) is 25.0 Å². The van der Waals surface area contributed by atoms with Crippen LogP contribution in [0.2, 0.25) is 0 Å². The number of hydrogen-bond donors (Lipinski definition) is 2. The average Bonchev–Trinajstić information content (AvgIpc) is 3.53. The molecule has 1 saturated heterocycles. The number of halogens is 1. The van der Waals surface area contributed by atoms with Crippen molar-refractivity contribution >= 4 is 28.4 Å². The number of likely N-dealkylation sites (tertiary alicyclic amines) is 1. The third-order valence-electron chi connectivity index (χ3n) is 7.27. The summed E-state index contributed by atoms with van der Waals surface area (Å²) >= 11 is 0. The minimum Gasteiger partial charge on any atom is -0.496 e. The number of aromatic nitrogens is 3. The van der Waals surface area contributed by atoms with Crippen LogP contribution in [0.25, 0.3) is 10.9 Å². The Hall–Kier alpha value is -4.14. The van der Waals surface area contributed by atoms with E-state index in [1.54, 1.807) is 19.4 Å². The van der Waals surface area contributed by atoms with Crippen molar-refractivity contribution in [1.29, 1.82) is 0 Å². The number of nitrogens with zero attached hydrogens (tertiary/aromatic N) is 3. The van der Waals surface area contributed by atoms with Gasteiger partial charge in [0.25, 0.3) is 5.91 Å². The van der Waals surface area contributed by atoms with E-state index >= 15 is 0 Å². The first kappa shape index (κ1) is 25.5. The van der Waals surface area contributed by atoms with Gasteiger partial charge < -0.3 is 19.9 Å². The summed E-state index contributed by atoms with van der Waals surface area (Å²) in [6.07, 6.45) is 7.67. The number of carbonyl (C=O) groups is 2. The van der Waals surface area contributed by atoms with Crippen LogP contribution in [0.5, 0.6) is 5.75 Å². The normalized spacial score (nSPS) is 14.2. The van der Waals surface area contributed by atoms with Crippen LogP contribution < -0.4 is 10.1 Å². The van der Waals surface area contributed by atoms with E-state index in [4.69, 9.17) is 4.74 Å². The van der Waals surface area contributed by atoms with Gasteiger partial charge in [-0.25, -0.2) is 4.39 Å². The van der Waals surface area contributed by atoms with E-state index < -0.39 is 0 Å². The Morgan fingerprint density at radius 3 is 2.61 bits per heavy atom. The highest BCUT2D eigenvalue weighted by Gasteiger charge is 2.26. The molecule has 0 radical (unpaired) electrons. The molecule has 0 bridgehead atoms. The molecule has 9 heteroatoms. The minimum absolute atomic E-state index is 0.0312. The SMILES string of the molecule is COc1c(C)cc(C(=O)N2CCC(n3cc(NC(=O)CCc4c[nH]c5ccc(F)cc45)cn3)CC2)cc1C. The smallest absolute Gasteiger partial charge is 0.253 e. The fourth-order valence-electron chi connectivity index (χ4n) is 5.34. The summed E-state index contributed by atoms with van der Waals surface area (Å²) in [4.78, 5) is 30.7. The molecule has 5 rings (SSSR count). The van der Waals surface area contributed by atoms with Gasteiger partial charge >= 0.3 is 0 Å². The lowest BCUT2D eigenvalue weighted by molar-refractivity contribution is -0.116. The molecular formula is C29H32FN5O3. The summed E-state index contributed by atoms with van der Waals surface area (Å²) in [5, 5.41) is 8.17. The van der Waals surface area contributed by atoms with E-state index in [-0.39, 0.29) is 30.1 Å². The Kier molecular flexibility index (Phi) is 7.18. The van der Waals surface area contributed by atoms with Gasteiger partial charge in [-0.15, -0.1) is 0 Å². The molecule has 0 spiro atoms. The molecule has 1 aliphatic heterocycles. The zero-order valence-corrected chi connectivity index (χ0v) is 21.9. The van der Waals surface area contributed by atoms with Crippen LogP contribution in [0.15, 0.2) is 48.9 Å². The molecule has 2 amide bonds. The molecule has 0 atom stereocenters. The Morgan fingerprint density at radius 2 is 1.89 bits per heavy atom. The first-order chi connectivity index (χ1) is 18.3. The number of aryl methyl sites for hydroxylation is 3. The standard InChI is InChI=1S/C29H32FN5O3/c1-18-12-21(13-19(2)28(18)38-3)29(37)34-10-8-24(9-11-34)35-17-23(16-32-35)33-27(36)7-4-20-15-31-26-6-5-22(30)14-25(20)26/h5-6,12-17,24,31H,4,7-11H2,1-3H3,(H,33,36). The fourth-order valence-corrected chi connectivity index (χ4v) is 5.34. The van der Waals surface area contributed by atoms with Crippen molar-refractivity contribution in [3.05, 3.63) is 77.0 Å². The van der Waals surface area contributed by atoms with Gasteiger partial charge in [0.15, 0.2) is 0 Å². The lowest BCUT2D eigenvalue weighted by Crippen LogP contribution is -2.39. The summed E-state index contributed by atoms with van der Waals surface area (Å²) in [6, 6.07) is 8.53. The number of ether oxygens (including phenoxy) is 1. The second-order valence-corrected chi connectivity index (χ2v) is 9.93. The van der Waals surface area contributed by atoms with E-state index in [2.05, 4.69) is 15.4 Å². The highest BCUT2D eigenvalue weighted by atomic mass is 19.1. The molecule has 0 unspecified atom stereocenters. The number of methoxy groups -OCH3 is 1. The van der Waals surface area contributed by atoms with E-state index in [0.29, 0.717) is 30.8 Å². The van der Waals surface area contributed by atoms with Crippen LogP contribution in [0.4, 0.5) is 10.1 Å². The van der Waals surface area contributed by atoms with E-state index in [1.807, 2.05) is 48.0 Å². The number of H-pyrrole nitrogens is 1. The maximum atomic E-state index is 13.6. The number of rotatable bonds is 7. The van der Waals surface area contributed by atoms with Crippen LogP contribution in [0.3, 0.4) is 0 Å². The summed E-state index contributed by atoms with van der Waals surface area (Å²) < 4.78 is 20.9. The van der Waals surface area contributed by atoms with Gasteiger partial charge in [0, 0.05) is 48.4 Å². The fraction of sp³-hybridized carbons (Fsp3) is 0.345. The maximum absolute atomic E-state index is 13.6. The Bertz CT molecular complexity index is 1460. The van der Waals surface area contributed by atoms with Crippen molar-refractivity contribution in [1.82, 2.24) is 19.7 Å². The quantitative estimate of drug-likeness (QED) is 0.353. The van der Waals surface area contributed by atoms with Gasteiger partial charge in [-0.3, -0.25) is 14.3 Å². The molecule has 8 nitrogen and oxygen atoms in total. The largest absolute Gasteiger partial charge is 0.496 e. The van der Waals surface area contributed by atoms with E-state index in [9.17, 15) is 14.0 Å². The van der Waals surface area contributed by atoms with Crippen molar-refractivity contribution in [2.45, 2.75) is 45.6 Å². The second-order valence-electron chi connectivity index (χ2n) is 9.93. The highest BCUT2D eigenvalue weighted by Crippen LogP contribution is 2.28. The average molecular weight is 518 g/mol. The van der Waals surface area contributed by atoms with Crippen LogP contribution in [0.1, 0.15) is 52.4 Å². The second kappa shape index (κ2) is 10.7. The number of nitrogens with one attached hydrogen (secondary N) is 2. The molecule has 1 aliphatic rings. The number of hydrogen-bond acceptors (Lipinski definition) is 4. The molecule has 0 aliphatic carbocycles. The number of benzene rings is 2. The Labute approximate surface area is 220 Å². The molecule has 2 N–H and O–H groups in total. The summed E-state index contributed by atoms with van der Waals surface area (Å²) in [5.74, 6) is 0.427. The monoisotopic (exact) mass is 517 g/mol. The van der Waals surface area contributed by atoms with Crippen molar-refractivity contribution < 1.29 is 18.7 Å². The predicted octanol–water partition coefficient (Wildman–Crippen LogP) is 5.18. The van der Waals surface area contributed by atoms with Crippen LogP contribution in [-0.2, 0) is 11.2 Å². The molecule has 0 saturated carbocycles. The Morgan fingerprint density at radius 1 is 1.16 bits per heavy atom. The third kappa shape index (κ3) is 5.27. The van der Waals surface area contributed by atoms with Crippen LogP contribution >= 0.6 is 0 Å². The minimum atomic E-state index is -0.295. The van der Waals surface area contributed by atoms with Crippen LogP contribution in [-0.4, -0.2) is 51.7 Å². The maximum Gasteiger partial charge on any atom is 0.253 e. The van der Waals surface area contributed by atoms with Gasteiger partial charge in [-0.1, -0.05) is 0 Å².